The van der Waals surface area contributed by atoms with Gasteiger partial charge in [0.05, 0.1) is 30.7 Å². The molecule has 0 unspecified atom stereocenters. The molecule has 0 amide bonds. The highest BCUT2D eigenvalue weighted by atomic mass is 16.5. The summed E-state index contributed by atoms with van der Waals surface area (Å²) in [5.41, 5.74) is 5.70. The summed E-state index contributed by atoms with van der Waals surface area (Å²) in [6, 6.07) is 12.0. The van der Waals surface area contributed by atoms with Crippen molar-refractivity contribution in [1.82, 2.24) is 39.7 Å². The number of aryl methyl sites for hydroxylation is 1. The molecule has 0 aliphatic carbocycles. The summed E-state index contributed by atoms with van der Waals surface area (Å²) in [6.07, 6.45) is 5.96. The van der Waals surface area contributed by atoms with E-state index < -0.39 is 0 Å². The van der Waals surface area contributed by atoms with Crippen molar-refractivity contribution < 1.29 is 4.74 Å². The third-order valence-corrected chi connectivity index (χ3v) is 6.30. The maximum absolute atomic E-state index is 5.46. The third-order valence-electron chi connectivity index (χ3n) is 6.30. The summed E-state index contributed by atoms with van der Waals surface area (Å²) in [5.74, 6) is 1.96. The van der Waals surface area contributed by atoms with E-state index in [-0.39, 0.29) is 6.04 Å². The number of nitrogens with zero attached hydrogens (tertiary/aromatic N) is 9. The minimum atomic E-state index is 0.107. The van der Waals surface area contributed by atoms with Gasteiger partial charge in [-0.2, -0.15) is 5.10 Å². The molecule has 176 valence electrons. The molecule has 1 aromatic carbocycles. The van der Waals surface area contributed by atoms with Crippen molar-refractivity contribution in [3.8, 4) is 17.1 Å². The van der Waals surface area contributed by atoms with Crippen LogP contribution in [0.5, 0.6) is 5.88 Å². The molecule has 0 saturated carbocycles. The van der Waals surface area contributed by atoms with Gasteiger partial charge >= 0.3 is 0 Å². The number of aromatic nitrogens is 8. The van der Waals surface area contributed by atoms with Crippen LogP contribution in [0, 0.1) is 0 Å². The second kappa shape index (κ2) is 8.35. The molecule has 0 spiro atoms. The van der Waals surface area contributed by atoms with E-state index in [0.717, 1.165) is 52.3 Å². The van der Waals surface area contributed by atoms with Gasteiger partial charge in [0.15, 0.2) is 0 Å². The average molecular weight is 469 g/mol. The van der Waals surface area contributed by atoms with Gasteiger partial charge in [-0.1, -0.05) is 11.3 Å². The Bertz CT molecular complexity index is 1520. The van der Waals surface area contributed by atoms with Gasteiger partial charge in [0.1, 0.15) is 16.9 Å². The highest BCUT2D eigenvalue weighted by molar-refractivity contribution is 5.93. The Morgan fingerprint density at radius 2 is 2.00 bits per heavy atom. The molecule has 0 bridgehead atoms. The maximum atomic E-state index is 5.46. The quantitative estimate of drug-likeness (QED) is 0.402. The van der Waals surface area contributed by atoms with Crippen LogP contribution in [0.1, 0.15) is 11.6 Å². The smallest absolute Gasteiger partial charge is 0.228 e. The minimum absolute atomic E-state index is 0.107. The molecule has 1 atom stereocenters. The Kier molecular flexibility index (Phi) is 5.02. The molecule has 0 fully saturated rings. The Labute approximate surface area is 201 Å². The topological polar surface area (TPSA) is 112 Å². The zero-order valence-corrected chi connectivity index (χ0v) is 19.6. The molecule has 11 heteroatoms. The number of rotatable bonds is 6. The first-order chi connectivity index (χ1) is 17.1. The largest absolute Gasteiger partial charge is 0.481 e. The standard InChI is InChI=1S/C24H24N10O/c1-32-14-17(11-15-5-4-8-25-23(15)35-3)34-22-19(30-31-34)12-16(13-20(22)32)18-6-9-26-24(28-18)29-21-7-10-27-33(21)2/h4-10,12-13,17H,11,14H2,1-3H3,(H,26,28,29)/t17-/m0/s1. The summed E-state index contributed by atoms with van der Waals surface area (Å²) in [6.45, 7) is 0.782. The number of nitrogens with one attached hydrogen (secondary N) is 1. The van der Waals surface area contributed by atoms with E-state index in [1.165, 1.54) is 0 Å². The zero-order valence-electron chi connectivity index (χ0n) is 19.6. The Morgan fingerprint density at radius 1 is 1.09 bits per heavy atom. The van der Waals surface area contributed by atoms with Crippen LogP contribution in [0.4, 0.5) is 17.5 Å². The van der Waals surface area contributed by atoms with E-state index in [1.807, 2.05) is 42.1 Å². The summed E-state index contributed by atoms with van der Waals surface area (Å²) < 4.78 is 9.22. The molecular formula is C24H24N10O. The number of ether oxygens (including phenoxy) is 1. The van der Waals surface area contributed by atoms with Crippen LogP contribution in [-0.2, 0) is 13.5 Å². The first-order valence-electron chi connectivity index (χ1n) is 11.3. The molecule has 35 heavy (non-hydrogen) atoms. The lowest BCUT2D eigenvalue weighted by Gasteiger charge is -2.32. The van der Waals surface area contributed by atoms with Gasteiger partial charge in [-0.25, -0.2) is 19.6 Å². The van der Waals surface area contributed by atoms with E-state index in [1.54, 1.807) is 30.4 Å². The van der Waals surface area contributed by atoms with E-state index in [0.29, 0.717) is 11.8 Å². The lowest BCUT2D eigenvalue weighted by atomic mass is 10.0. The number of methoxy groups -OCH3 is 1. The Balaban J connectivity index is 1.36. The number of benzene rings is 1. The fourth-order valence-corrected chi connectivity index (χ4v) is 4.60. The lowest BCUT2D eigenvalue weighted by molar-refractivity contribution is 0.381. The van der Waals surface area contributed by atoms with E-state index in [9.17, 15) is 0 Å². The van der Waals surface area contributed by atoms with Crippen molar-refractivity contribution in [1.29, 1.82) is 0 Å². The molecule has 6 rings (SSSR count). The first-order valence-corrected chi connectivity index (χ1v) is 11.3. The zero-order chi connectivity index (χ0) is 23.9. The number of anilines is 3. The van der Waals surface area contributed by atoms with Gasteiger partial charge in [0.25, 0.3) is 0 Å². The van der Waals surface area contributed by atoms with Gasteiger partial charge in [-0.05, 0) is 24.3 Å². The molecule has 0 radical (unpaired) electrons. The summed E-state index contributed by atoms with van der Waals surface area (Å²) >= 11 is 0. The molecule has 4 aromatic heterocycles. The predicted octanol–water partition coefficient (Wildman–Crippen LogP) is 3.00. The predicted molar refractivity (Wildman–Crippen MR) is 132 cm³/mol. The number of pyridine rings is 1. The molecule has 1 aliphatic rings. The van der Waals surface area contributed by atoms with E-state index in [4.69, 9.17) is 9.72 Å². The van der Waals surface area contributed by atoms with Crippen LogP contribution in [0.25, 0.3) is 22.3 Å². The van der Waals surface area contributed by atoms with E-state index in [2.05, 4.69) is 48.7 Å². The number of hydrogen-bond donors (Lipinski definition) is 1. The summed E-state index contributed by atoms with van der Waals surface area (Å²) in [7, 11) is 5.60. The Morgan fingerprint density at radius 3 is 2.83 bits per heavy atom. The van der Waals surface area contributed by atoms with Gasteiger partial charge in [0.2, 0.25) is 11.8 Å². The number of hydrogen-bond acceptors (Lipinski definition) is 9. The molecular weight excluding hydrogens is 444 g/mol. The van der Waals surface area contributed by atoms with E-state index >= 15 is 0 Å². The molecule has 1 N–H and O–H groups in total. The van der Waals surface area contributed by atoms with Crippen molar-refractivity contribution in [2.24, 2.45) is 7.05 Å². The van der Waals surface area contributed by atoms with Crippen molar-refractivity contribution >= 4 is 28.5 Å². The van der Waals surface area contributed by atoms with Crippen molar-refractivity contribution in [3.05, 3.63) is 60.6 Å². The van der Waals surface area contributed by atoms with Crippen molar-refractivity contribution in [3.63, 3.8) is 0 Å². The second-order valence-electron chi connectivity index (χ2n) is 8.54. The Hall–Kier alpha value is -4.54. The highest BCUT2D eigenvalue weighted by Gasteiger charge is 2.28. The van der Waals surface area contributed by atoms with Gasteiger partial charge in [-0.3, -0.25) is 4.68 Å². The lowest BCUT2D eigenvalue weighted by Crippen LogP contribution is -2.34. The fraction of sp³-hybridized carbons (Fsp3) is 0.250. The normalized spacial score (nSPS) is 14.9. The monoisotopic (exact) mass is 468 g/mol. The van der Waals surface area contributed by atoms with Crippen LogP contribution < -0.4 is 15.0 Å². The molecule has 0 saturated heterocycles. The van der Waals surface area contributed by atoms with Gasteiger partial charge < -0.3 is 15.0 Å². The minimum Gasteiger partial charge on any atom is -0.481 e. The van der Waals surface area contributed by atoms with Crippen LogP contribution in [0.2, 0.25) is 0 Å². The average Bonchev–Trinajstić information content (AvgIpc) is 3.49. The molecule has 11 nitrogen and oxygen atoms in total. The highest BCUT2D eigenvalue weighted by Crippen LogP contribution is 2.37. The number of likely N-dealkylation sites (N-methyl/N-ethyl adjacent to an activating group) is 1. The second-order valence-corrected chi connectivity index (χ2v) is 8.54. The van der Waals surface area contributed by atoms with Crippen LogP contribution in [0.15, 0.2) is 55.0 Å². The van der Waals surface area contributed by atoms with Crippen LogP contribution in [0.3, 0.4) is 0 Å². The first kappa shape index (κ1) is 21.0. The molecule has 1 aliphatic heterocycles. The van der Waals surface area contributed by atoms with Crippen LogP contribution in [-0.4, -0.2) is 60.4 Å². The third kappa shape index (κ3) is 3.70. The van der Waals surface area contributed by atoms with Gasteiger partial charge in [0, 0.05) is 56.6 Å². The maximum Gasteiger partial charge on any atom is 0.228 e. The summed E-state index contributed by atoms with van der Waals surface area (Å²) in [4.78, 5) is 15.7. The van der Waals surface area contributed by atoms with Crippen molar-refractivity contribution in [2.45, 2.75) is 12.5 Å². The fourth-order valence-electron chi connectivity index (χ4n) is 4.60. The van der Waals surface area contributed by atoms with Crippen molar-refractivity contribution in [2.75, 3.05) is 30.9 Å². The SMILES string of the molecule is COc1ncccc1C[C@H]1CN(C)c2cc(-c3ccnc(Nc4ccnn4C)n3)cc3nnn1c23. The molecule has 5 heterocycles. The molecule has 5 aromatic rings. The summed E-state index contributed by atoms with van der Waals surface area (Å²) in [5, 5.41) is 16.4. The van der Waals surface area contributed by atoms with Gasteiger partial charge in [-0.15, -0.1) is 5.10 Å². The van der Waals surface area contributed by atoms with Crippen LogP contribution >= 0.6 is 0 Å².